The van der Waals surface area contributed by atoms with E-state index in [1.54, 1.807) is 19.1 Å². The first kappa shape index (κ1) is 12.8. The van der Waals surface area contributed by atoms with Gasteiger partial charge in [-0.05, 0) is 24.5 Å². The van der Waals surface area contributed by atoms with Crippen LogP contribution in [0, 0.1) is 5.92 Å². The van der Waals surface area contributed by atoms with Crippen LogP contribution >= 0.6 is 0 Å². The third-order valence-corrected chi connectivity index (χ3v) is 3.60. The molecule has 1 aliphatic heterocycles. The molecule has 2 atom stereocenters. The minimum absolute atomic E-state index is 0.0418. The minimum atomic E-state index is -0.289. The number of fused-ring (bicyclic) bond motifs is 1. The molecule has 2 amide bonds. The lowest BCUT2D eigenvalue weighted by atomic mass is 9.94. The number of hydrogen-bond acceptors (Lipinski definition) is 3. The zero-order valence-corrected chi connectivity index (χ0v) is 10.6. The van der Waals surface area contributed by atoms with Gasteiger partial charge in [0, 0.05) is 18.2 Å². The summed E-state index contributed by atoms with van der Waals surface area (Å²) in [7, 11) is 0. The standard InChI is InChI=1S/C14H17NO3/c1-9(8-16)10(2)15-13(17)7-11-5-3-4-6-12(11)14(15)18/h3-6,9-10,16H,7-8H2,1-2H3. The number of aliphatic hydroxyl groups excluding tert-OH is 1. The van der Waals surface area contributed by atoms with E-state index in [2.05, 4.69) is 0 Å². The van der Waals surface area contributed by atoms with Gasteiger partial charge in [-0.15, -0.1) is 0 Å². The van der Waals surface area contributed by atoms with E-state index in [-0.39, 0.29) is 36.8 Å². The molecule has 1 N–H and O–H groups in total. The molecule has 4 heteroatoms. The predicted molar refractivity (Wildman–Crippen MR) is 67.0 cm³/mol. The molecular formula is C14H17NO3. The Kier molecular flexibility index (Phi) is 3.48. The molecule has 0 aliphatic carbocycles. The first-order chi connectivity index (χ1) is 8.56. The van der Waals surface area contributed by atoms with Crippen LogP contribution in [-0.4, -0.2) is 34.5 Å². The van der Waals surface area contributed by atoms with Gasteiger partial charge in [-0.25, -0.2) is 0 Å². The van der Waals surface area contributed by atoms with E-state index < -0.39 is 0 Å². The highest BCUT2D eigenvalue weighted by molar-refractivity contribution is 6.09. The van der Waals surface area contributed by atoms with Crippen molar-refractivity contribution in [3.8, 4) is 0 Å². The Hall–Kier alpha value is -1.68. The van der Waals surface area contributed by atoms with E-state index in [1.807, 2.05) is 19.1 Å². The van der Waals surface area contributed by atoms with Crippen molar-refractivity contribution in [2.75, 3.05) is 6.61 Å². The van der Waals surface area contributed by atoms with Gasteiger partial charge >= 0.3 is 0 Å². The molecule has 0 saturated carbocycles. The zero-order chi connectivity index (χ0) is 13.3. The summed E-state index contributed by atoms with van der Waals surface area (Å²) >= 11 is 0. The Labute approximate surface area is 106 Å². The fraction of sp³-hybridized carbons (Fsp3) is 0.429. The van der Waals surface area contributed by atoms with Crippen LogP contribution < -0.4 is 0 Å². The molecular weight excluding hydrogens is 230 g/mol. The third-order valence-electron chi connectivity index (χ3n) is 3.60. The summed E-state index contributed by atoms with van der Waals surface area (Å²) in [6.45, 7) is 3.58. The Morgan fingerprint density at radius 2 is 1.94 bits per heavy atom. The maximum Gasteiger partial charge on any atom is 0.261 e. The van der Waals surface area contributed by atoms with Crippen molar-refractivity contribution >= 4 is 11.8 Å². The summed E-state index contributed by atoms with van der Waals surface area (Å²) in [5, 5.41) is 9.15. The van der Waals surface area contributed by atoms with Gasteiger partial charge in [0.25, 0.3) is 5.91 Å². The highest BCUT2D eigenvalue weighted by Crippen LogP contribution is 2.23. The van der Waals surface area contributed by atoms with Crippen molar-refractivity contribution in [2.24, 2.45) is 5.92 Å². The molecule has 1 aromatic carbocycles. The van der Waals surface area contributed by atoms with Crippen LogP contribution in [0.15, 0.2) is 24.3 Å². The number of nitrogens with zero attached hydrogens (tertiary/aromatic N) is 1. The smallest absolute Gasteiger partial charge is 0.261 e. The molecule has 0 radical (unpaired) electrons. The predicted octanol–water partition coefficient (Wildman–Crippen LogP) is 1.23. The number of aliphatic hydroxyl groups is 1. The Morgan fingerprint density at radius 1 is 1.28 bits per heavy atom. The van der Waals surface area contributed by atoms with E-state index in [1.165, 1.54) is 4.90 Å². The molecule has 1 aliphatic rings. The highest BCUT2D eigenvalue weighted by Gasteiger charge is 2.35. The molecule has 0 fully saturated rings. The molecule has 0 aromatic heterocycles. The van der Waals surface area contributed by atoms with Gasteiger partial charge in [0.1, 0.15) is 0 Å². The van der Waals surface area contributed by atoms with E-state index in [9.17, 15) is 9.59 Å². The third kappa shape index (κ3) is 2.04. The van der Waals surface area contributed by atoms with E-state index in [0.717, 1.165) is 5.56 Å². The van der Waals surface area contributed by atoms with E-state index in [0.29, 0.717) is 5.56 Å². The van der Waals surface area contributed by atoms with E-state index >= 15 is 0 Å². The van der Waals surface area contributed by atoms with Gasteiger partial charge in [0.2, 0.25) is 5.91 Å². The molecule has 0 bridgehead atoms. The largest absolute Gasteiger partial charge is 0.396 e. The second-order valence-corrected chi connectivity index (χ2v) is 4.80. The number of imide groups is 1. The molecule has 1 heterocycles. The van der Waals surface area contributed by atoms with Gasteiger partial charge in [-0.3, -0.25) is 14.5 Å². The van der Waals surface area contributed by atoms with Crippen molar-refractivity contribution < 1.29 is 14.7 Å². The van der Waals surface area contributed by atoms with Gasteiger partial charge in [0.15, 0.2) is 0 Å². The first-order valence-corrected chi connectivity index (χ1v) is 6.11. The lowest BCUT2D eigenvalue weighted by Gasteiger charge is -2.34. The molecule has 2 rings (SSSR count). The molecule has 2 unspecified atom stereocenters. The van der Waals surface area contributed by atoms with Gasteiger partial charge in [-0.1, -0.05) is 25.1 Å². The van der Waals surface area contributed by atoms with Gasteiger partial charge < -0.3 is 5.11 Å². The topological polar surface area (TPSA) is 57.6 Å². The number of benzene rings is 1. The van der Waals surface area contributed by atoms with E-state index in [4.69, 9.17) is 5.11 Å². The lowest BCUT2D eigenvalue weighted by molar-refractivity contribution is -0.131. The fourth-order valence-corrected chi connectivity index (χ4v) is 2.19. The number of carbonyl (C=O) groups excluding carboxylic acids is 2. The summed E-state index contributed by atoms with van der Waals surface area (Å²) < 4.78 is 0. The summed E-state index contributed by atoms with van der Waals surface area (Å²) in [5.41, 5.74) is 1.38. The number of hydrogen-bond donors (Lipinski definition) is 1. The highest BCUT2D eigenvalue weighted by atomic mass is 16.3. The minimum Gasteiger partial charge on any atom is -0.396 e. The Bertz CT molecular complexity index is 484. The molecule has 1 aromatic rings. The molecule has 0 spiro atoms. The van der Waals surface area contributed by atoms with Crippen molar-refractivity contribution in [1.29, 1.82) is 0 Å². The summed E-state index contributed by atoms with van der Waals surface area (Å²) in [6.07, 6.45) is 0.254. The SMILES string of the molecule is CC(CO)C(C)N1C(=O)Cc2ccccc2C1=O. The van der Waals surface area contributed by atoms with Crippen LogP contribution in [0.5, 0.6) is 0 Å². The van der Waals surface area contributed by atoms with Crippen LogP contribution in [0.25, 0.3) is 0 Å². The number of carbonyl (C=O) groups is 2. The molecule has 96 valence electrons. The normalized spacial score (nSPS) is 18.5. The number of amides is 2. The summed E-state index contributed by atoms with van der Waals surface area (Å²) in [4.78, 5) is 25.6. The number of rotatable bonds is 3. The van der Waals surface area contributed by atoms with Crippen LogP contribution in [0.1, 0.15) is 29.8 Å². The summed E-state index contributed by atoms with van der Waals surface area (Å²) in [6, 6.07) is 6.89. The average molecular weight is 247 g/mol. The molecule has 4 nitrogen and oxygen atoms in total. The Morgan fingerprint density at radius 3 is 2.61 bits per heavy atom. The zero-order valence-electron chi connectivity index (χ0n) is 10.6. The second kappa shape index (κ2) is 4.90. The van der Waals surface area contributed by atoms with Crippen LogP contribution in [0.3, 0.4) is 0 Å². The average Bonchev–Trinajstić information content (AvgIpc) is 2.37. The Balaban J connectivity index is 2.35. The van der Waals surface area contributed by atoms with Crippen LogP contribution in [-0.2, 0) is 11.2 Å². The quantitative estimate of drug-likeness (QED) is 0.817. The van der Waals surface area contributed by atoms with Crippen LogP contribution in [0.4, 0.5) is 0 Å². The first-order valence-electron chi connectivity index (χ1n) is 6.11. The lowest BCUT2D eigenvalue weighted by Crippen LogP contribution is -2.50. The summed E-state index contributed by atoms with van der Waals surface area (Å²) in [5.74, 6) is -0.565. The van der Waals surface area contributed by atoms with Crippen molar-refractivity contribution in [3.63, 3.8) is 0 Å². The maximum atomic E-state index is 12.3. The second-order valence-electron chi connectivity index (χ2n) is 4.80. The van der Waals surface area contributed by atoms with Gasteiger partial charge in [0.05, 0.1) is 6.42 Å². The van der Waals surface area contributed by atoms with Crippen molar-refractivity contribution in [2.45, 2.75) is 26.3 Å². The van der Waals surface area contributed by atoms with Gasteiger partial charge in [-0.2, -0.15) is 0 Å². The van der Waals surface area contributed by atoms with Crippen molar-refractivity contribution in [3.05, 3.63) is 35.4 Å². The fourth-order valence-electron chi connectivity index (χ4n) is 2.19. The monoisotopic (exact) mass is 247 g/mol. The van der Waals surface area contributed by atoms with Crippen molar-refractivity contribution in [1.82, 2.24) is 4.90 Å². The maximum absolute atomic E-state index is 12.3. The van der Waals surface area contributed by atoms with Crippen LogP contribution in [0.2, 0.25) is 0 Å². The molecule has 18 heavy (non-hydrogen) atoms. The molecule has 0 saturated heterocycles.